The van der Waals surface area contributed by atoms with E-state index in [0.29, 0.717) is 5.92 Å². The molecular weight excluding hydrogens is 232 g/mol. The second-order valence-corrected chi connectivity index (χ2v) is 5.15. The van der Waals surface area contributed by atoms with Gasteiger partial charge in [-0.1, -0.05) is 54.3 Å². The van der Waals surface area contributed by atoms with Crippen molar-refractivity contribution in [1.82, 2.24) is 0 Å². The number of fused-ring (bicyclic) bond motifs is 5. The van der Waals surface area contributed by atoms with Crippen LogP contribution in [0.1, 0.15) is 35.3 Å². The fraction of sp³-hybridized carbons (Fsp3) is 0.222. The molecule has 2 bridgehead atoms. The van der Waals surface area contributed by atoms with Crippen LogP contribution in [0.5, 0.6) is 0 Å². The summed E-state index contributed by atoms with van der Waals surface area (Å²) < 4.78 is 6.04. The lowest BCUT2D eigenvalue weighted by Crippen LogP contribution is -2.08. The van der Waals surface area contributed by atoms with Crippen LogP contribution in [0.3, 0.4) is 0 Å². The van der Waals surface area contributed by atoms with Crippen LogP contribution in [0, 0.1) is 17.8 Å². The highest BCUT2D eigenvalue weighted by molar-refractivity contribution is 5.41. The van der Waals surface area contributed by atoms with Crippen molar-refractivity contribution in [2.75, 3.05) is 0 Å². The summed E-state index contributed by atoms with van der Waals surface area (Å²) in [5, 5.41) is 0. The summed E-state index contributed by atoms with van der Waals surface area (Å²) in [6, 6.07) is 18.7. The van der Waals surface area contributed by atoms with E-state index in [-0.39, 0.29) is 12.2 Å². The van der Waals surface area contributed by atoms with Gasteiger partial charge in [0.15, 0.2) is 0 Å². The maximum atomic E-state index is 6.04. The summed E-state index contributed by atoms with van der Waals surface area (Å²) in [6.45, 7) is 0. The maximum Gasteiger partial charge on any atom is 0.0975 e. The Balaban J connectivity index is 1.63. The van der Waals surface area contributed by atoms with Crippen LogP contribution in [0.2, 0.25) is 0 Å². The molecular formula is C18H14O. The van der Waals surface area contributed by atoms with Crippen LogP contribution in [-0.2, 0) is 4.74 Å². The van der Waals surface area contributed by atoms with E-state index in [0.717, 1.165) is 12.0 Å². The van der Waals surface area contributed by atoms with Gasteiger partial charge in [0.05, 0.1) is 18.1 Å². The molecule has 0 N–H and O–H groups in total. The van der Waals surface area contributed by atoms with Crippen LogP contribution >= 0.6 is 0 Å². The molecule has 1 unspecified atom stereocenters. The quantitative estimate of drug-likeness (QED) is 0.641. The van der Waals surface area contributed by atoms with Gasteiger partial charge in [0.25, 0.3) is 0 Å². The van der Waals surface area contributed by atoms with E-state index < -0.39 is 0 Å². The van der Waals surface area contributed by atoms with Crippen molar-refractivity contribution in [3.05, 3.63) is 71.3 Å². The van der Waals surface area contributed by atoms with Gasteiger partial charge in [-0.05, 0) is 29.7 Å². The summed E-state index contributed by atoms with van der Waals surface area (Å²) in [5.74, 6) is 7.00. The zero-order chi connectivity index (χ0) is 12.7. The molecule has 0 aromatic heterocycles. The topological polar surface area (TPSA) is 9.23 Å². The van der Waals surface area contributed by atoms with Gasteiger partial charge in [-0.15, -0.1) is 0 Å². The highest BCUT2D eigenvalue weighted by Gasteiger charge is 2.44. The van der Waals surface area contributed by atoms with E-state index in [1.54, 1.807) is 0 Å². The van der Waals surface area contributed by atoms with Crippen molar-refractivity contribution < 1.29 is 4.74 Å². The molecule has 4 rings (SSSR count). The third-order valence-corrected chi connectivity index (χ3v) is 3.97. The predicted octanol–water partition coefficient (Wildman–Crippen LogP) is 3.87. The Morgan fingerprint density at radius 3 is 2.47 bits per heavy atom. The first-order valence-electron chi connectivity index (χ1n) is 6.73. The minimum Gasteiger partial charge on any atom is -0.364 e. The largest absolute Gasteiger partial charge is 0.364 e. The van der Waals surface area contributed by atoms with Gasteiger partial charge >= 0.3 is 0 Å². The van der Waals surface area contributed by atoms with Crippen molar-refractivity contribution in [3.63, 3.8) is 0 Å². The fourth-order valence-electron chi connectivity index (χ4n) is 3.07. The normalized spacial score (nSPS) is 26.6. The molecule has 2 heterocycles. The van der Waals surface area contributed by atoms with Gasteiger partial charge in [-0.3, -0.25) is 0 Å². The molecule has 2 aliphatic rings. The zero-order valence-electron chi connectivity index (χ0n) is 10.5. The molecule has 2 aromatic rings. The average Bonchev–Trinajstić information content (AvgIpc) is 3.05. The lowest BCUT2D eigenvalue weighted by atomic mass is 9.84. The van der Waals surface area contributed by atoms with Gasteiger partial charge in [-0.2, -0.15) is 0 Å². The first-order valence-corrected chi connectivity index (χ1v) is 6.73. The van der Waals surface area contributed by atoms with E-state index in [1.165, 1.54) is 11.1 Å². The molecule has 0 saturated carbocycles. The summed E-state index contributed by atoms with van der Waals surface area (Å²) in [7, 11) is 0. The Kier molecular flexibility index (Phi) is 2.43. The van der Waals surface area contributed by atoms with E-state index in [4.69, 9.17) is 4.74 Å². The molecule has 1 fully saturated rings. The minimum absolute atomic E-state index is 0.178. The second-order valence-electron chi connectivity index (χ2n) is 5.15. The SMILES string of the molecule is C(#CC1C[C@H]2O[C@@H]1c1ccccc12)c1ccccc1. The second kappa shape index (κ2) is 4.26. The lowest BCUT2D eigenvalue weighted by Gasteiger charge is -2.16. The number of rotatable bonds is 0. The number of benzene rings is 2. The average molecular weight is 246 g/mol. The van der Waals surface area contributed by atoms with Crippen molar-refractivity contribution in [1.29, 1.82) is 0 Å². The highest BCUT2D eigenvalue weighted by atomic mass is 16.5. The Morgan fingerprint density at radius 1 is 0.895 bits per heavy atom. The van der Waals surface area contributed by atoms with Crippen LogP contribution in [0.25, 0.3) is 0 Å². The molecule has 2 aliphatic heterocycles. The summed E-state index contributed by atoms with van der Waals surface area (Å²) in [6.07, 6.45) is 1.47. The molecule has 0 radical (unpaired) electrons. The van der Waals surface area contributed by atoms with Crippen LogP contribution in [-0.4, -0.2) is 0 Å². The fourth-order valence-corrected chi connectivity index (χ4v) is 3.07. The summed E-state index contributed by atoms with van der Waals surface area (Å²) >= 11 is 0. The first kappa shape index (κ1) is 10.8. The molecule has 1 nitrogen and oxygen atoms in total. The first-order chi connectivity index (χ1) is 9.42. The maximum absolute atomic E-state index is 6.04. The van der Waals surface area contributed by atoms with Crippen molar-refractivity contribution in [2.24, 2.45) is 5.92 Å². The monoisotopic (exact) mass is 246 g/mol. The molecule has 2 aromatic carbocycles. The van der Waals surface area contributed by atoms with E-state index in [2.05, 4.69) is 48.2 Å². The standard InChI is InChI=1S/C18H14O/c1-2-6-13(7-3-1)10-11-14-12-17-15-8-4-5-9-16(15)18(14)19-17/h1-9,14,17-18H,12H2/t14?,17-,18+/m1/s1. The van der Waals surface area contributed by atoms with Crippen LogP contribution in [0.15, 0.2) is 54.6 Å². The van der Waals surface area contributed by atoms with Gasteiger partial charge in [-0.25, -0.2) is 0 Å². The van der Waals surface area contributed by atoms with E-state index in [9.17, 15) is 0 Å². The molecule has 19 heavy (non-hydrogen) atoms. The van der Waals surface area contributed by atoms with E-state index in [1.807, 2.05) is 18.2 Å². The predicted molar refractivity (Wildman–Crippen MR) is 74.4 cm³/mol. The molecule has 0 spiro atoms. The Morgan fingerprint density at radius 2 is 1.63 bits per heavy atom. The van der Waals surface area contributed by atoms with Crippen molar-refractivity contribution in [3.8, 4) is 11.8 Å². The number of hydrogen-bond donors (Lipinski definition) is 0. The minimum atomic E-state index is 0.178. The van der Waals surface area contributed by atoms with Crippen LogP contribution < -0.4 is 0 Å². The Bertz CT molecular complexity index is 663. The highest BCUT2D eigenvalue weighted by Crippen LogP contribution is 2.53. The van der Waals surface area contributed by atoms with Crippen LogP contribution in [0.4, 0.5) is 0 Å². The molecule has 0 amide bonds. The Labute approximate surface area is 113 Å². The molecule has 0 aliphatic carbocycles. The zero-order valence-corrected chi connectivity index (χ0v) is 10.5. The summed E-state index contributed by atoms with van der Waals surface area (Å²) in [5.41, 5.74) is 3.79. The molecule has 1 saturated heterocycles. The Hall–Kier alpha value is -2.04. The lowest BCUT2D eigenvalue weighted by molar-refractivity contribution is 0.0657. The van der Waals surface area contributed by atoms with E-state index >= 15 is 0 Å². The van der Waals surface area contributed by atoms with Gasteiger partial charge in [0, 0.05) is 5.56 Å². The number of hydrogen-bond acceptors (Lipinski definition) is 1. The molecule has 92 valence electrons. The van der Waals surface area contributed by atoms with Gasteiger partial charge < -0.3 is 4.74 Å². The molecule has 1 heteroatoms. The molecule has 3 atom stereocenters. The van der Waals surface area contributed by atoms with Gasteiger partial charge in [0.1, 0.15) is 0 Å². The smallest absolute Gasteiger partial charge is 0.0975 e. The van der Waals surface area contributed by atoms with Gasteiger partial charge in [0.2, 0.25) is 0 Å². The number of ether oxygens (including phenoxy) is 1. The van der Waals surface area contributed by atoms with Crippen molar-refractivity contribution >= 4 is 0 Å². The third-order valence-electron chi connectivity index (χ3n) is 3.97. The third kappa shape index (κ3) is 1.77. The van der Waals surface area contributed by atoms with Crippen molar-refractivity contribution in [2.45, 2.75) is 18.6 Å². The summed E-state index contributed by atoms with van der Waals surface area (Å²) in [4.78, 5) is 0.